The van der Waals surface area contributed by atoms with Crippen molar-refractivity contribution in [2.75, 3.05) is 13.1 Å². The Balaban J connectivity index is 1.57. The Morgan fingerprint density at radius 3 is 2.50 bits per heavy atom. The molecule has 3 N–H and O–H groups in total. The van der Waals surface area contributed by atoms with Crippen LogP contribution in [0.25, 0.3) is 0 Å². The second kappa shape index (κ2) is 8.71. The molecule has 0 radical (unpaired) electrons. The molecule has 28 heavy (non-hydrogen) atoms. The summed E-state index contributed by atoms with van der Waals surface area (Å²) in [5.74, 6) is -0.489. The largest absolute Gasteiger partial charge is 0.446 e. The van der Waals surface area contributed by atoms with Crippen LogP contribution < -0.4 is 16.0 Å². The minimum absolute atomic E-state index is 0.0457. The Morgan fingerprint density at radius 2 is 1.89 bits per heavy atom. The molecule has 2 fully saturated rings. The number of thioether (sulfide) groups is 1. The van der Waals surface area contributed by atoms with Gasteiger partial charge >= 0.3 is 5.51 Å². The summed E-state index contributed by atoms with van der Waals surface area (Å²) in [4.78, 5) is 26.8. The molecule has 2 heterocycles. The zero-order valence-corrected chi connectivity index (χ0v) is 16.2. The molecule has 2 aliphatic heterocycles. The lowest BCUT2D eigenvalue weighted by Gasteiger charge is -2.36. The first kappa shape index (κ1) is 20.9. The van der Waals surface area contributed by atoms with E-state index in [0.29, 0.717) is 5.56 Å². The molecule has 0 aromatic heterocycles. The highest BCUT2D eigenvalue weighted by atomic mass is 32.2. The number of amides is 2. The number of benzene rings is 1. The van der Waals surface area contributed by atoms with Gasteiger partial charge in [-0.1, -0.05) is 12.1 Å². The minimum Gasteiger partial charge on any atom is -0.348 e. The van der Waals surface area contributed by atoms with Crippen molar-refractivity contribution < 1.29 is 22.8 Å². The number of carbonyl (C=O) groups is 2. The topological polar surface area (TPSA) is 73.5 Å². The molecule has 2 unspecified atom stereocenters. The average Bonchev–Trinajstić information content (AvgIpc) is 3.15. The maximum Gasteiger partial charge on any atom is 0.446 e. The molecule has 0 aliphatic carbocycles. The van der Waals surface area contributed by atoms with E-state index in [1.54, 1.807) is 19.1 Å². The lowest BCUT2D eigenvalue weighted by molar-refractivity contribution is -0.134. The number of nitrogens with one attached hydrogen (secondary N) is 3. The van der Waals surface area contributed by atoms with E-state index in [0.717, 1.165) is 25.9 Å². The van der Waals surface area contributed by atoms with Crippen LogP contribution >= 0.6 is 11.8 Å². The summed E-state index contributed by atoms with van der Waals surface area (Å²) in [7, 11) is 0. The highest BCUT2D eigenvalue weighted by Crippen LogP contribution is 2.37. The quantitative estimate of drug-likeness (QED) is 0.643. The summed E-state index contributed by atoms with van der Waals surface area (Å²) in [6.45, 7) is 3.49. The summed E-state index contributed by atoms with van der Waals surface area (Å²) in [5.41, 5.74) is -3.64. The third-order valence-corrected chi connectivity index (χ3v) is 5.58. The lowest BCUT2D eigenvalue weighted by Crippen LogP contribution is -2.66. The third kappa shape index (κ3) is 5.62. The van der Waals surface area contributed by atoms with Crippen molar-refractivity contribution in [3.8, 4) is 0 Å². The van der Waals surface area contributed by atoms with Crippen molar-refractivity contribution in [1.29, 1.82) is 0 Å². The SMILES string of the molecule is C[C@@H](NC(=O)C1CC(=O)NC(N2CCCC2)N1)c1ccc(SC(F)(F)F)cc1. The van der Waals surface area contributed by atoms with Crippen LogP contribution in [-0.4, -0.2) is 47.6 Å². The van der Waals surface area contributed by atoms with E-state index in [1.807, 2.05) is 0 Å². The van der Waals surface area contributed by atoms with Gasteiger partial charge in [0.25, 0.3) is 0 Å². The van der Waals surface area contributed by atoms with E-state index in [1.165, 1.54) is 12.1 Å². The molecule has 1 aromatic rings. The van der Waals surface area contributed by atoms with Crippen molar-refractivity contribution in [3.05, 3.63) is 29.8 Å². The average molecular weight is 416 g/mol. The summed E-state index contributed by atoms with van der Waals surface area (Å²) < 4.78 is 37.2. The van der Waals surface area contributed by atoms with Crippen LogP contribution in [0.1, 0.15) is 37.8 Å². The molecule has 154 valence electrons. The van der Waals surface area contributed by atoms with E-state index in [9.17, 15) is 22.8 Å². The van der Waals surface area contributed by atoms with Crippen LogP contribution in [0.5, 0.6) is 0 Å². The van der Waals surface area contributed by atoms with Crippen molar-refractivity contribution in [3.63, 3.8) is 0 Å². The fourth-order valence-corrected chi connectivity index (χ4v) is 3.95. The number of hydrogen-bond donors (Lipinski definition) is 3. The Labute approximate surface area is 165 Å². The van der Waals surface area contributed by atoms with Crippen molar-refractivity contribution in [1.82, 2.24) is 20.9 Å². The number of alkyl halides is 3. The van der Waals surface area contributed by atoms with E-state index in [2.05, 4.69) is 20.9 Å². The van der Waals surface area contributed by atoms with Gasteiger partial charge in [-0.3, -0.25) is 19.8 Å². The number of carbonyl (C=O) groups excluding carboxylic acids is 2. The highest BCUT2D eigenvalue weighted by Gasteiger charge is 2.35. The maximum atomic E-state index is 12.6. The summed E-state index contributed by atoms with van der Waals surface area (Å²) in [6, 6.07) is 4.84. The predicted octanol–water partition coefficient (Wildman–Crippen LogP) is 2.33. The van der Waals surface area contributed by atoms with E-state index >= 15 is 0 Å². The molecule has 0 saturated carbocycles. The fraction of sp³-hybridized carbons (Fsp3) is 0.556. The molecule has 0 bridgehead atoms. The van der Waals surface area contributed by atoms with Crippen LogP contribution in [0, 0.1) is 0 Å². The molecular formula is C18H23F3N4O2S. The van der Waals surface area contributed by atoms with Crippen LogP contribution in [0.15, 0.2) is 29.2 Å². The van der Waals surface area contributed by atoms with Gasteiger partial charge in [-0.05, 0) is 49.2 Å². The highest BCUT2D eigenvalue weighted by molar-refractivity contribution is 8.00. The first-order valence-corrected chi connectivity index (χ1v) is 9.98. The monoisotopic (exact) mass is 416 g/mol. The van der Waals surface area contributed by atoms with E-state index in [4.69, 9.17) is 0 Å². The molecule has 0 spiro atoms. The van der Waals surface area contributed by atoms with Crippen LogP contribution in [0.4, 0.5) is 13.2 Å². The molecule has 2 amide bonds. The fourth-order valence-electron chi connectivity index (χ4n) is 3.41. The van der Waals surface area contributed by atoms with Gasteiger partial charge in [0.15, 0.2) is 0 Å². The number of hydrogen-bond acceptors (Lipinski definition) is 5. The number of halogens is 3. The molecule has 3 atom stereocenters. The van der Waals surface area contributed by atoms with Gasteiger partial charge in [0.2, 0.25) is 11.8 Å². The smallest absolute Gasteiger partial charge is 0.348 e. The first-order chi connectivity index (χ1) is 13.2. The van der Waals surface area contributed by atoms with Gasteiger partial charge in [0, 0.05) is 18.0 Å². The van der Waals surface area contributed by atoms with Gasteiger partial charge in [-0.2, -0.15) is 13.2 Å². The Hall–Kier alpha value is -1.78. The van der Waals surface area contributed by atoms with Crippen molar-refractivity contribution >= 4 is 23.6 Å². The van der Waals surface area contributed by atoms with Gasteiger partial charge in [0.05, 0.1) is 18.5 Å². The number of rotatable bonds is 5. The molecule has 1 aromatic carbocycles. The summed E-state index contributed by atoms with van der Waals surface area (Å²) in [6.07, 6.45) is 1.81. The Morgan fingerprint density at radius 1 is 1.25 bits per heavy atom. The predicted molar refractivity (Wildman–Crippen MR) is 99.2 cm³/mol. The standard InChI is InChI=1S/C18H23F3N4O2S/c1-11(12-4-6-13(7-5-12)28-18(19,20)21)22-16(27)14-10-15(26)24-17(23-14)25-8-2-3-9-25/h4-7,11,14,17,23H,2-3,8-10H2,1H3,(H,22,27)(H,24,26)/t11-,14?,17?/m1/s1. The second-order valence-electron chi connectivity index (χ2n) is 6.98. The normalized spacial score (nSPS) is 24.6. The van der Waals surface area contributed by atoms with Crippen LogP contribution in [-0.2, 0) is 9.59 Å². The van der Waals surface area contributed by atoms with Gasteiger partial charge < -0.3 is 10.6 Å². The molecule has 2 saturated heterocycles. The number of likely N-dealkylation sites (tertiary alicyclic amines) is 1. The zero-order chi connectivity index (χ0) is 20.3. The van der Waals surface area contributed by atoms with E-state index < -0.39 is 17.6 Å². The van der Waals surface area contributed by atoms with Crippen molar-refractivity contribution in [2.24, 2.45) is 0 Å². The van der Waals surface area contributed by atoms with Crippen LogP contribution in [0.3, 0.4) is 0 Å². The second-order valence-corrected chi connectivity index (χ2v) is 8.12. The summed E-state index contributed by atoms with van der Waals surface area (Å²) >= 11 is -0.176. The molecule has 10 heteroatoms. The van der Waals surface area contributed by atoms with Crippen molar-refractivity contribution in [2.45, 2.75) is 55.0 Å². The first-order valence-electron chi connectivity index (χ1n) is 9.17. The molecule has 6 nitrogen and oxygen atoms in total. The van der Waals surface area contributed by atoms with Gasteiger partial charge in [-0.15, -0.1) is 0 Å². The third-order valence-electron chi connectivity index (χ3n) is 4.84. The lowest BCUT2D eigenvalue weighted by atomic mass is 10.1. The maximum absolute atomic E-state index is 12.6. The van der Waals surface area contributed by atoms with E-state index in [-0.39, 0.29) is 41.2 Å². The minimum atomic E-state index is -4.33. The molecular weight excluding hydrogens is 393 g/mol. The molecule has 2 aliphatic rings. The van der Waals surface area contributed by atoms with Gasteiger partial charge in [-0.25, -0.2) is 0 Å². The zero-order valence-electron chi connectivity index (χ0n) is 15.4. The number of nitrogens with zero attached hydrogens (tertiary/aromatic N) is 1. The van der Waals surface area contributed by atoms with Crippen LogP contribution in [0.2, 0.25) is 0 Å². The molecule has 3 rings (SSSR count). The van der Waals surface area contributed by atoms with Gasteiger partial charge in [0.1, 0.15) is 6.29 Å². The Bertz CT molecular complexity index is 708. The Kier molecular flexibility index (Phi) is 6.51. The summed E-state index contributed by atoms with van der Waals surface area (Å²) in [5, 5.41) is 8.86.